The molecule has 1 aromatic heterocycles. The molecule has 8 nitrogen and oxygen atoms in total. The minimum absolute atomic E-state index is 0.00998. The number of ether oxygens (including phenoxy) is 3. The molecule has 1 aromatic carbocycles. The van der Waals surface area contributed by atoms with Crippen LogP contribution in [0.15, 0.2) is 48.3 Å². The number of fused-ring (bicyclic) bond motifs is 1. The molecule has 8 heteroatoms. The number of nitrogens with zero attached hydrogens (tertiary/aromatic N) is 2. The molecule has 1 N–H and O–H groups in total. The van der Waals surface area contributed by atoms with Crippen molar-refractivity contribution in [2.45, 2.75) is 6.04 Å². The van der Waals surface area contributed by atoms with E-state index in [0.29, 0.717) is 35.8 Å². The Morgan fingerprint density at radius 3 is 2.76 bits per heavy atom. The quantitative estimate of drug-likeness (QED) is 0.468. The second kappa shape index (κ2) is 7.92. The second-order valence-corrected chi connectivity index (χ2v) is 6.63. The molecule has 4 rings (SSSR count). The number of hydrogen-bond acceptors (Lipinski definition) is 7. The van der Waals surface area contributed by atoms with Gasteiger partial charge in [-0.25, -0.2) is 0 Å². The van der Waals surface area contributed by atoms with E-state index in [0.717, 1.165) is 0 Å². The van der Waals surface area contributed by atoms with Crippen molar-refractivity contribution < 1.29 is 28.9 Å². The van der Waals surface area contributed by atoms with Gasteiger partial charge < -0.3 is 24.2 Å². The topological polar surface area (TPSA) is 98.2 Å². The van der Waals surface area contributed by atoms with Crippen molar-refractivity contribution in [3.8, 4) is 11.5 Å². The SMILES string of the molecule is COCCN1C(=O)C(=O)/C(=C(\O)c2ccc3c(c2)OCCO3)C1c1cccnc1. The molecule has 2 aliphatic rings. The Hall–Kier alpha value is -3.39. The van der Waals surface area contributed by atoms with Crippen LogP contribution < -0.4 is 9.47 Å². The summed E-state index contributed by atoms with van der Waals surface area (Å²) in [5.41, 5.74) is 1.01. The molecular formula is C21H20N2O6. The Kier molecular flexibility index (Phi) is 5.18. The molecule has 1 fully saturated rings. The maximum absolute atomic E-state index is 12.8. The van der Waals surface area contributed by atoms with E-state index in [1.54, 1.807) is 42.7 Å². The van der Waals surface area contributed by atoms with Crippen molar-refractivity contribution in [2.24, 2.45) is 0 Å². The minimum atomic E-state index is -0.757. The van der Waals surface area contributed by atoms with E-state index < -0.39 is 17.7 Å². The summed E-state index contributed by atoms with van der Waals surface area (Å²) < 4.78 is 16.1. The van der Waals surface area contributed by atoms with Crippen molar-refractivity contribution in [2.75, 3.05) is 33.5 Å². The largest absolute Gasteiger partial charge is 0.507 e. The average Bonchev–Trinajstić information content (AvgIpc) is 3.02. The molecule has 1 amide bonds. The number of pyridine rings is 1. The van der Waals surface area contributed by atoms with Gasteiger partial charge in [-0.3, -0.25) is 14.6 Å². The van der Waals surface area contributed by atoms with Crippen LogP contribution in [-0.2, 0) is 14.3 Å². The summed E-state index contributed by atoms with van der Waals surface area (Å²) in [6, 6.07) is 7.63. The Morgan fingerprint density at radius 1 is 1.24 bits per heavy atom. The number of aliphatic hydroxyl groups excluding tert-OH is 1. The van der Waals surface area contributed by atoms with Gasteiger partial charge in [-0.1, -0.05) is 6.07 Å². The zero-order valence-corrected chi connectivity index (χ0v) is 15.8. The van der Waals surface area contributed by atoms with E-state index >= 15 is 0 Å². The highest BCUT2D eigenvalue weighted by Crippen LogP contribution is 2.40. The highest BCUT2D eigenvalue weighted by atomic mass is 16.6. The number of aliphatic hydroxyl groups is 1. The summed E-state index contributed by atoms with van der Waals surface area (Å²) in [5, 5.41) is 11.0. The fourth-order valence-corrected chi connectivity index (χ4v) is 3.53. The maximum Gasteiger partial charge on any atom is 0.295 e. The number of carbonyl (C=O) groups is 2. The lowest BCUT2D eigenvalue weighted by molar-refractivity contribution is -0.140. The van der Waals surface area contributed by atoms with Crippen molar-refractivity contribution in [3.63, 3.8) is 0 Å². The van der Waals surface area contributed by atoms with Crippen LogP contribution in [0.2, 0.25) is 0 Å². The molecule has 0 saturated carbocycles. The van der Waals surface area contributed by atoms with Gasteiger partial charge in [0.25, 0.3) is 11.7 Å². The Bertz CT molecular complexity index is 972. The lowest BCUT2D eigenvalue weighted by atomic mass is 9.96. The molecule has 0 radical (unpaired) electrons. The molecule has 29 heavy (non-hydrogen) atoms. The summed E-state index contributed by atoms with van der Waals surface area (Å²) in [7, 11) is 1.52. The highest BCUT2D eigenvalue weighted by Gasteiger charge is 2.46. The van der Waals surface area contributed by atoms with Crippen molar-refractivity contribution in [1.82, 2.24) is 9.88 Å². The molecule has 3 heterocycles. The summed E-state index contributed by atoms with van der Waals surface area (Å²) in [5.74, 6) is -0.657. The summed E-state index contributed by atoms with van der Waals surface area (Å²) in [6.07, 6.45) is 3.18. The first-order valence-corrected chi connectivity index (χ1v) is 9.19. The Morgan fingerprint density at radius 2 is 2.03 bits per heavy atom. The predicted molar refractivity (Wildman–Crippen MR) is 103 cm³/mol. The first kappa shape index (κ1) is 18.9. The number of hydrogen-bond donors (Lipinski definition) is 1. The van der Waals surface area contributed by atoms with E-state index in [2.05, 4.69) is 4.98 Å². The summed E-state index contributed by atoms with van der Waals surface area (Å²) in [4.78, 5) is 31.0. The first-order valence-electron chi connectivity index (χ1n) is 9.19. The van der Waals surface area contributed by atoms with Gasteiger partial charge in [-0.05, 0) is 29.8 Å². The number of methoxy groups -OCH3 is 1. The zero-order chi connectivity index (χ0) is 20.4. The summed E-state index contributed by atoms with van der Waals surface area (Å²) >= 11 is 0. The van der Waals surface area contributed by atoms with E-state index in [-0.39, 0.29) is 24.5 Å². The Labute approximate surface area is 167 Å². The second-order valence-electron chi connectivity index (χ2n) is 6.63. The molecule has 2 aromatic rings. The third-order valence-corrected chi connectivity index (χ3v) is 4.89. The number of Topliss-reactive ketones (excluding diaryl/α,β-unsaturated/α-hetero) is 1. The van der Waals surface area contributed by atoms with Gasteiger partial charge in [0.1, 0.15) is 19.0 Å². The van der Waals surface area contributed by atoms with Crippen molar-refractivity contribution >= 4 is 17.4 Å². The standard InChI is InChI=1S/C21H20N2O6/c1-27-8-7-23-18(14-3-2-6-22-12-14)17(20(25)21(23)26)19(24)13-4-5-15-16(11-13)29-10-9-28-15/h2-6,11-12,18,24H,7-10H2,1H3/b19-17-. The summed E-state index contributed by atoms with van der Waals surface area (Å²) in [6.45, 7) is 1.31. The van der Waals surface area contributed by atoms with Crippen LogP contribution in [0.4, 0.5) is 0 Å². The van der Waals surface area contributed by atoms with Crippen molar-refractivity contribution in [3.05, 3.63) is 59.4 Å². The molecule has 0 aliphatic carbocycles. The average molecular weight is 396 g/mol. The number of amides is 1. The van der Waals surface area contributed by atoms with E-state index in [9.17, 15) is 14.7 Å². The van der Waals surface area contributed by atoms with Gasteiger partial charge >= 0.3 is 0 Å². The maximum atomic E-state index is 12.8. The van der Waals surface area contributed by atoms with Gasteiger partial charge in [0, 0.05) is 31.6 Å². The fourth-order valence-electron chi connectivity index (χ4n) is 3.53. The minimum Gasteiger partial charge on any atom is -0.507 e. The van der Waals surface area contributed by atoms with Crippen LogP contribution in [0.25, 0.3) is 5.76 Å². The molecule has 2 aliphatic heterocycles. The first-order chi connectivity index (χ1) is 14.1. The van der Waals surface area contributed by atoms with Crippen LogP contribution >= 0.6 is 0 Å². The predicted octanol–water partition coefficient (Wildman–Crippen LogP) is 1.92. The van der Waals surface area contributed by atoms with Crippen LogP contribution in [0, 0.1) is 0 Å². The van der Waals surface area contributed by atoms with Gasteiger partial charge in [0.2, 0.25) is 0 Å². The van der Waals surface area contributed by atoms with Gasteiger partial charge in [-0.2, -0.15) is 0 Å². The fraction of sp³-hybridized carbons (Fsp3) is 0.286. The molecule has 150 valence electrons. The van der Waals surface area contributed by atoms with E-state index in [1.165, 1.54) is 12.0 Å². The normalized spacial score (nSPS) is 20.2. The lowest BCUT2D eigenvalue weighted by Crippen LogP contribution is -2.32. The lowest BCUT2D eigenvalue weighted by Gasteiger charge is -2.24. The van der Waals surface area contributed by atoms with Crippen LogP contribution in [0.1, 0.15) is 17.2 Å². The zero-order valence-electron chi connectivity index (χ0n) is 15.8. The molecule has 0 bridgehead atoms. The number of rotatable bonds is 5. The van der Waals surface area contributed by atoms with Gasteiger partial charge in [0.05, 0.1) is 18.2 Å². The third-order valence-electron chi connectivity index (χ3n) is 4.89. The van der Waals surface area contributed by atoms with Crippen LogP contribution in [0.3, 0.4) is 0 Å². The molecular weight excluding hydrogens is 376 g/mol. The van der Waals surface area contributed by atoms with Gasteiger partial charge in [0.15, 0.2) is 11.5 Å². The van der Waals surface area contributed by atoms with Gasteiger partial charge in [-0.15, -0.1) is 0 Å². The highest BCUT2D eigenvalue weighted by molar-refractivity contribution is 6.46. The van der Waals surface area contributed by atoms with Crippen LogP contribution in [0.5, 0.6) is 11.5 Å². The van der Waals surface area contributed by atoms with Crippen molar-refractivity contribution in [1.29, 1.82) is 0 Å². The number of aromatic nitrogens is 1. The third kappa shape index (κ3) is 3.42. The number of benzene rings is 1. The molecule has 1 unspecified atom stereocenters. The van der Waals surface area contributed by atoms with Crippen LogP contribution in [-0.4, -0.2) is 60.2 Å². The molecule has 0 spiro atoms. The molecule has 1 saturated heterocycles. The number of likely N-dealkylation sites (tertiary alicyclic amines) is 1. The Balaban J connectivity index is 1.82. The van der Waals surface area contributed by atoms with E-state index in [1.807, 2.05) is 0 Å². The monoisotopic (exact) mass is 396 g/mol. The number of ketones is 1. The van der Waals surface area contributed by atoms with E-state index in [4.69, 9.17) is 14.2 Å². The number of carbonyl (C=O) groups excluding carboxylic acids is 2. The molecule has 1 atom stereocenters. The smallest absolute Gasteiger partial charge is 0.295 e.